The van der Waals surface area contributed by atoms with Gasteiger partial charge < -0.3 is 5.32 Å². The highest BCUT2D eigenvalue weighted by Gasteiger charge is 2.32. The Balaban J connectivity index is 2.40. The summed E-state index contributed by atoms with van der Waals surface area (Å²) in [5.74, 6) is -0.606. The van der Waals surface area contributed by atoms with Crippen molar-refractivity contribution in [2.45, 2.75) is 26.3 Å². The number of benzene rings is 2. The van der Waals surface area contributed by atoms with E-state index in [-0.39, 0.29) is 23.5 Å². The maximum atomic E-state index is 12.8. The minimum absolute atomic E-state index is 0.180. The van der Waals surface area contributed by atoms with Crippen molar-refractivity contribution in [1.29, 1.82) is 0 Å². The van der Waals surface area contributed by atoms with Crippen molar-refractivity contribution in [3.8, 4) is 0 Å². The first-order valence-electron chi connectivity index (χ1n) is 8.35. The Morgan fingerprint density at radius 3 is 2.50 bits per heavy atom. The fourth-order valence-corrected chi connectivity index (χ4v) is 4.08. The highest BCUT2D eigenvalue weighted by atomic mass is 35.5. The fourth-order valence-electron chi connectivity index (χ4n) is 2.70. The topological polar surface area (TPSA) is 110 Å². The lowest BCUT2D eigenvalue weighted by Gasteiger charge is -2.30. The third-order valence-corrected chi connectivity index (χ3v) is 5.65. The van der Waals surface area contributed by atoms with Crippen molar-refractivity contribution in [3.05, 3.63) is 63.2 Å². The van der Waals surface area contributed by atoms with Crippen LogP contribution in [0.2, 0.25) is 5.02 Å². The third kappa shape index (κ3) is 4.99. The van der Waals surface area contributed by atoms with Crippen molar-refractivity contribution in [3.63, 3.8) is 0 Å². The molecule has 0 radical (unpaired) electrons. The van der Waals surface area contributed by atoms with Crippen molar-refractivity contribution < 1.29 is 18.1 Å². The van der Waals surface area contributed by atoms with Gasteiger partial charge in [0.15, 0.2) is 0 Å². The normalized spacial score (nSPS) is 12.3. The van der Waals surface area contributed by atoms with Gasteiger partial charge in [-0.1, -0.05) is 30.7 Å². The summed E-state index contributed by atoms with van der Waals surface area (Å²) in [4.78, 5) is 23.1. The molecule has 1 atom stereocenters. The van der Waals surface area contributed by atoms with Crippen LogP contribution >= 0.6 is 11.6 Å². The smallest absolute Gasteiger partial charge is 0.271 e. The number of halogens is 1. The van der Waals surface area contributed by atoms with Crippen LogP contribution in [0.25, 0.3) is 0 Å². The van der Waals surface area contributed by atoms with E-state index in [4.69, 9.17) is 11.6 Å². The second kappa shape index (κ2) is 8.57. The molecule has 28 heavy (non-hydrogen) atoms. The lowest BCUT2D eigenvalue weighted by molar-refractivity contribution is -0.384. The summed E-state index contributed by atoms with van der Waals surface area (Å²) in [6.45, 7) is 3.45. The molecule has 0 spiro atoms. The Bertz CT molecular complexity index is 1010. The van der Waals surface area contributed by atoms with E-state index in [9.17, 15) is 23.3 Å². The summed E-state index contributed by atoms with van der Waals surface area (Å²) in [5.41, 5.74) is 1.05. The number of nitrogens with zero attached hydrogens (tertiary/aromatic N) is 2. The van der Waals surface area contributed by atoms with E-state index in [0.29, 0.717) is 5.02 Å². The van der Waals surface area contributed by atoms with Crippen LogP contribution in [-0.2, 0) is 14.8 Å². The first-order valence-corrected chi connectivity index (χ1v) is 10.6. The minimum Gasteiger partial charge on any atom is -0.324 e. The summed E-state index contributed by atoms with van der Waals surface area (Å²) in [6, 6.07) is 9.09. The van der Waals surface area contributed by atoms with E-state index >= 15 is 0 Å². The standard InChI is InChI=1S/C18H20ClN3O5S/c1-4-17(18(23)20-13-6-5-7-15(10-13)22(24)25)21(28(3,26)27)14-9-8-12(2)16(19)11-14/h5-11,17H,4H2,1-3H3,(H,20,23). The summed E-state index contributed by atoms with van der Waals surface area (Å²) < 4.78 is 25.9. The molecule has 0 heterocycles. The van der Waals surface area contributed by atoms with E-state index in [0.717, 1.165) is 16.1 Å². The monoisotopic (exact) mass is 425 g/mol. The summed E-state index contributed by atoms with van der Waals surface area (Å²) in [6.07, 6.45) is 1.18. The zero-order valence-corrected chi connectivity index (χ0v) is 17.1. The molecule has 0 bridgehead atoms. The number of nitro groups is 1. The van der Waals surface area contributed by atoms with Gasteiger partial charge in [0.25, 0.3) is 5.69 Å². The van der Waals surface area contributed by atoms with Gasteiger partial charge in [-0.2, -0.15) is 0 Å². The van der Waals surface area contributed by atoms with Gasteiger partial charge in [-0.05, 0) is 37.1 Å². The molecule has 1 amide bonds. The maximum absolute atomic E-state index is 12.8. The largest absolute Gasteiger partial charge is 0.324 e. The predicted molar refractivity (Wildman–Crippen MR) is 109 cm³/mol. The number of amides is 1. The number of sulfonamides is 1. The average molecular weight is 426 g/mol. The van der Waals surface area contributed by atoms with E-state index in [1.165, 1.54) is 30.3 Å². The van der Waals surface area contributed by atoms with Crippen LogP contribution in [-0.4, -0.2) is 31.5 Å². The van der Waals surface area contributed by atoms with Crippen molar-refractivity contribution in [2.75, 3.05) is 15.9 Å². The van der Waals surface area contributed by atoms with Crippen LogP contribution < -0.4 is 9.62 Å². The van der Waals surface area contributed by atoms with Gasteiger partial charge in [-0.15, -0.1) is 0 Å². The van der Waals surface area contributed by atoms with Gasteiger partial charge in [0.2, 0.25) is 15.9 Å². The van der Waals surface area contributed by atoms with Gasteiger partial charge in [-0.3, -0.25) is 19.2 Å². The molecule has 1 unspecified atom stereocenters. The Labute approximate surface area is 168 Å². The lowest BCUT2D eigenvalue weighted by atomic mass is 10.1. The molecule has 0 aliphatic heterocycles. The van der Waals surface area contributed by atoms with Crippen molar-refractivity contribution in [1.82, 2.24) is 0 Å². The molecule has 0 saturated heterocycles. The number of non-ortho nitro benzene ring substituents is 1. The quantitative estimate of drug-likeness (QED) is 0.536. The van der Waals surface area contributed by atoms with E-state index in [1.54, 1.807) is 26.0 Å². The summed E-state index contributed by atoms with van der Waals surface area (Å²) in [7, 11) is -3.81. The molecular formula is C18H20ClN3O5S. The first kappa shape index (κ1) is 21.6. The number of nitro benzene ring substituents is 1. The molecule has 2 aromatic rings. The molecule has 2 aromatic carbocycles. The van der Waals surface area contributed by atoms with Crippen molar-refractivity contribution >= 4 is 44.6 Å². The maximum Gasteiger partial charge on any atom is 0.271 e. The van der Waals surface area contributed by atoms with Crippen molar-refractivity contribution in [2.24, 2.45) is 0 Å². The third-order valence-electron chi connectivity index (χ3n) is 4.06. The molecule has 0 fully saturated rings. The SMILES string of the molecule is CCC(C(=O)Nc1cccc([N+](=O)[O-])c1)N(c1ccc(C)c(Cl)c1)S(C)(=O)=O. The number of hydrogen-bond acceptors (Lipinski definition) is 5. The summed E-state index contributed by atoms with van der Waals surface area (Å²) >= 11 is 6.13. The molecular weight excluding hydrogens is 406 g/mol. The van der Waals surface area contributed by atoms with Crippen LogP contribution in [0.5, 0.6) is 0 Å². The van der Waals surface area contributed by atoms with Gasteiger partial charge >= 0.3 is 0 Å². The van der Waals surface area contributed by atoms with Gasteiger partial charge in [0.1, 0.15) is 6.04 Å². The first-order chi connectivity index (χ1) is 13.0. The second-order valence-corrected chi connectivity index (χ2v) is 8.48. The molecule has 1 N–H and O–H groups in total. The molecule has 0 aliphatic carbocycles. The van der Waals surface area contributed by atoms with Crippen LogP contribution in [0.1, 0.15) is 18.9 Å². The fraction of sp³-hybridized carbons (Fsp3) is 0.278. The lowest BCUT2D eigenvalue weighted by Crippen LogP contribution is -2.47. The Kier molecular flexibility index (Phi) is 6.63. The number of carbonyl (C=O) groups is 1. The summed E-state index contributed by atoms with van der Waals surface area (Å²) in [5, 5.41) is 13.8. The minimum atomic E-state index is -3.81. The van der Waals surface area contributed by atoms with E-state index in [1.807, 2.05) is 0 Å². The number of carbonyl (C=O) groups excluding carboxylic acids is 1. The zero-order valence-electron chi connectivity index (χ0n) is 15.5. The van der Waals surface area contributed by atoms with Crippen LogP contribution in [0.4, 0.5) is 17.1 Å². The number of hydrogen-bond donors (Lipinski definition) is 1. The number of rotatable bonds is 7. The van der Waals surface area contributed by atoms with Gasteiger partial charge in [0, 0.05) is 22.8 Å². The Hall–Kier alpha value is -2.65. The van der Waals surface area contributed by atoms with Crippen LogP contribution in [0.15, 0.2) is 42.5 Å². The van der Waals surface area contributed by atoms with E-state index in [2.05, 4.69) is 5.32 Å². The molecule has 150 valence electrons. The second-order valence-electron chi connectivity index (χ2n) is 6.21. The molecule has 0 aliphatic rings. The van der Waals surface area contributed by atoms with Crippen LogP contribution in [0.3, 0.4) is 0 Å². The van der Waals surface area contributed by atoms with Gasteiger partial charge in [-0.25, -0.2) is 8.42 Å². The molecule has 2 rings (SSSR count). The Morgan fingerprint density at radius 1 is 1.29 bits per heavy atom. The highest BCUT2D eigenvalue weighted by Crippen LogP contribution is 2.28. The zero-order chi connectivity index (χ0) is 21.1. The van der Waals surface area contributed by atoms with E-state index < -0.39 is 26.9 Å². The number of nitrogens with one attached hydrogen (secondary N) is 1. The van der Waals surface area contributed by atoms with Gasteiger partial charge in [0.05, 0.1) is 16.9 Å². The highest BCUT2D eigenvalue weighted by molar-refractivity contribution is 7.92. The molecule has 0 aromatic heterocycles. The molecule has 10 heteroatoms. The Morgan fingerprint density at radius 2 is 1.96 bits per heavy atom. The number of anilines is 2. The average Bonchev–Trinajstić information content (AvgIpc) is 2.61. The molecule has 8 nitrogen and oxygen atoms in total. The number of aryl methyl sites for hydroxylation is 1. The van der Waals surface area contributed by atoms with Crippen LogP contribution in [0, 0.1) is 17.0 Å². The predicted octanol–water partition coefficient (Wildman–Crippen LogP) is 3.74. The molecule has 0 saturated carbocycles.